The second-order valence-corrected chi connectivity index (χ2v) is 5.77. The minimum atomic E-state index is -0.654. The Labute approximate surface area is 155 Å². The van der Waals surface area contributed by atoms with Crippen LogP contribution in [0.5, 0.6) is 0 Å². The van der Waals surface area contributed by atoms with Gasteiger partial charge in [0, 0.05) is 16.5 Å². The summed E-state index contributed by atoms with van der Waals surface area (Å²) in [5.74, 6) is -1.82. The van der Waals surface area contributed by atoms with E-state index in [1.165, 1.54) is 0 Å². The molecule has 2 amide bonds. The van der Waals surface area contributed by atoms with Crippen LogP contribution in [0.2, 0.25) is 0 Å². The summed E-state index contributed by atoms with van der Waals surface area (Å²) in [5, 5.41) is 0.895. The molecule has 138 valence electrons. The Morgan fingerprint density at radius 3 is 2.41 bits per heavy atom. The molecule has 0 bridgehead atoms. The molecule has 0 aliphatic heterocycles. The van der Waals surface area contributed by atoms with Gasteiger partial charge in [-0.3, -0.25) is 25.2 Å². The molecule has 3 aromatic rings. The molecule has 1 aromatic heterocycles. The molecule has 0 radical (unpaired) electrons. The van der Waals surface area contributed by atoms with E-state index >= 15 is 0 Å². The van der Waals surface area contributed by atoms with Crippen molar-refractivity contribution >= 4 is 28.7 Å². The molecule has 0 aliphatic rings. The molecule has 2 aromatic carbocycles. The molecule has 0 aliphatic carbocycles. The van der Waals surface area contributed by atoms with Crippen LogP contribution < -0.4 is 10.9 Å². The van der Waals surface area contributed by atoms with Gasteiger partial charge in [0.05, 0.1) is 6.61 Å². The number of nitrogens with one attached hydrogen (secondary N) is 3. The maximum Gasteiger partial charge on any atom is 0.315 e. The van der Waals surface area contributed by atoms with E-state index < -0.39 is 24.2 Å². The normalized spacial score (nSPS) is 10.4. The number of carbonyl (C=O) groups excluding carboxylic acids is 3. The minimum Gasteiger partial charge on any atom is -0.466 e. The molecule has 1 heterocycles. The largest absolute Gasteiger partial charge is 0.466 e. The molecule has 7 nitrogen and oxygen atoms in total. The van der Waals surface area contributed by atoms with Crippen molar-refractivity contribution in [2.45, 2.75) is 13.3 Å². The van der Waals surface area contributed by atoms with Gasteiger partial charge in [-0.25, -0.2) is 0 Å². The molecule has 27 heavy (non-hydrogen) atoms. The van der Waals surface area contributed by atoms with Crippen molar-refractivity contribution in [1.82, 2.24) is 15.8 Å². The van der Waals surface area contributed by atoms with Crippen LogP contribution in [0.1, 0.15) is 23.8 Å². The van der Waals surface area contributed by atoms with Gasteiger partial charge < -0.3 is 9.72 Å². The summed E-state index contributed by atoms with van der Waals surface area (Å²) in [7, 11) is 0. The van der Waals surface area contributed by atoms with E-state index in [0.717, 1.165) is 22.0 Å². The van der Waals surface area contributed by atoms with Crippen molar-refractivity contribution in [2.75, 3.05) is 6.61 Å². The third-order valence-corrected chi connectivity index (χ3v) is 3.92. The van der Waals surface area contributed by atoms with Gasteiger partial charge in [0.2, 0.25) is 5.91 Å². The summed E-state index contributed by atoms with van der Waals surface area (Å²) in [6, 6.07) is 17.1. The molecule has 0 fully saturated rings. The number of aromatic amines is 1. The van der Waals surface area contributed by atoms with Crippen molar-refractivity contribution in [2.24, 2.45) is 0 Å². The van der Waals surface area contributed by atoms with Crippen molar-refractivity contribution in [3.63, 3.8) is 0 Å². The standard InChI is InChI=1S/C20H19N3O4/c1-2-27-17(25)12-16(24)22-23-20(26)19-18(13-8-4-3-5-9-13)14-10-6-7-11-15(14)21-19/h3-11,21H,2,12H2,1H3,(H,22,24)(H,23,26). The lowest BCUT2D eigenvalue weighted by Gasteiger charge is -2.08. The lowest BCUT2D eigenvalue weighted by atomic mass is 10.0. The molecule has 3 rings (SSSR count). The topological polar surface area (TPSA) is 100 Å². The SMILES string of the molecule is CCOC(=O)CC(=O)NNC(=O)c1[nH]c2ccccc2c1-c1ccccc1. The number of para-hydroxylation sites is 1. The monoisotopic (exact) mass is 365 g/mol. The number of aromatic nitrogens is 1. The highest BCUT2D eigenvalue weighted by atomic mass is 16.5. The fraction of sp³-hybridized carbons (Fsp3) is 0.150. The number of benzene rings is 2. The van der Waals surface area contributed by atoms with Gasteiger partial charge in [-0.05, 0) is 18.6 Å². The van der Waals surface area contributed by atoms with Gasteiger partial charge >= 0.3 is 5.97 Å². The average molecular weight is 365 g/mol. The number of hydrogen-bond donors (Lipinski definition) is 3. The van der Waals surface area contributed by atoms with Crippen molar-refractivity contribution in [3.05, 3.63) is 60.3 Å². The van der Waals surface area contributed by atoms with E-state index in [2.05, 4.69) is 15.8 Å². The molecule has 0 unspecified atom stereocenters. The fourth-order valence-electron chi connectivity index (χ4n) is 2.79. The van der Waals surface area contributed by atoms with Crippen LogP contribution in [0.15, 0.2) is 54.6 Å². The van der Waals surface area contributed by atoms with Crippen molar-refractivity contribution in [1.29, 1.82) is 0 Å². The lowest BCUT2D eigenvalue weighted by molar-refractivity contribution is -0.146. The third-order valence-electron chi connectivity index (χ3n) is 3.92. The second kappa shape index (κ2) is 8.18. The van der Waals surface area contributed by atoms with E-state index in [4.69, 9.17) is 4.74 Å². The van der Waals surface area contributed by atoms with Crippen LogP contribution in [0.25, 0.3) is 22.0 Å². The predicted molar refractivity (Wildman–Crippen MR) is 101 cm³/mol. The van der Waals surface area contributed by atoms with Gasteiger partial charge in [0.25, 0.3) is 5.91 Å². The molecule has 0 atom stereocenters. The quantitative estimate of drug-likeness (QED) is 0.367. The number of amides is 2. The number of fused-ring (bicyclic) bond motifs is 1. The van der Waals surface area contributed by atoms with E-state index in [0.29, 0.717) is 5.69 Å². The predicted octanol–water partition coefficient (Wildman–Crippen LogP) is 2.55. The van der Waals surface area contributed by atoms with Gasteiger partial charge in [0.1, 0.15) is 12.1 Å². The number of hydrazine groups is 1. The van der Waals surface area contributed by atoms with Crippen molar-refractivity contribution in [3.8, 4) is 11.1 Å². The highest BCUT2D eigenvalue weighted by molar-refractivity contribution is 6.10. The zero-order chi connectivity index (χ0) is 19.2. The van der Waals surface area contributed by atoms with Gasteiger partial charge in [0.15, 0.2) is 0 Å². The Morgan fingerprint density at radius 1 is 0.963 bits per heavy atom. The number of H-pyrrole nitrogens is 1. The Hall–Kier alpha value is -3.61. The van der Waals surface area contributed by atoms with Crippen LogP contribution in [0.3, 0.4) is 0 Å². The Balaban J connectivity index is 1.83. The van der Waals surface area contributed by atoms with Crippen LogP contribution in [0.4, 0.5) is 0 Å². The summed E-state index contributed by atoms with van der Waals surface area (Å²) in [4.78, 5) is 38.8. The van der Waals surface area contributed by atoms with Crippen LogP contribution in [0, 0.1) is 0 Å². The maximum absolute atomic E-state index is 12.7. The first-order chi connectivity index (χ1) is 13.1. The van der Waals surface area contributed by atoms with E-state index in [-0.39, 0.29) is 6.61 Å². The first-order valence-corrected chi connectivity index (χ1v) is 8.51. The molecule has 0 saturated carbocycles. The highest BCUT2D eigenvalue weighted by Crippen LogP contribution is 2.32. The molecule has 7 heteroatoms. The van der Waals surface area contributed by atoms with E-state index in [1.807, 2.05) is 54.6 Å². The van der Waals surface area contributed by atoms with E-state index in [1.54, 1.807) is 6.92 Å². The minimum absolute atomic E-state index is 0.188. The Bertz CT molecular complexity index is 979. The molecular formula is C20H19N3O4. The Morgan fingerprint density at radius 2 is 1.67 bits per heavy atom. The second-order valence-electron chi connectivity index (χ2n) is 5.77. The summed E-state index contributed by atoms with van der Waals surface area (Å²) < 4.78 is 4.70. The molecule has 3 N–H and O–H groups in total. The summed E-state index contributed by atoms with van der Waals surface area (Å²) in [6.45, 7) is 1.84. The lowest BCUT2D eigenvalue weighted by Crippen LogP contribution is -2.42. The highest BCUT2D eigenvalue weighted by Gasteiger charge is 2.20. The number of rotatable bonds is 5. The van der Waals surface area contributed by atoms with Gasteiger partial charge in [-0.15, -0.1) is 0 Å². The van der Waals surface area contributed by atoms with E-state index in [9.17, 15) is 14.4 Å². The summed E-state index contributed by atoms with van der Waals surface area (Å²) in [5.41, 5.74) is 7.31. The number of hydrogen-bond acceptors (Lipinski definition) is 4. The maximum atomic E-state index is 12.7. The fourth-order valence-corrected chi connectivity index (χ4v) is 2.79. The molecule has 0 saturated heterocycles. The van der Waals surface area contributed by atoms with Gasteiger partial charge in [-0.2, -0.15) is 0 Å². The van der Waals surface area contributed by atoms with Gasteiger partial charge in [-0.1, -0.05) is 48.5 Å². The zero-order valence-electron chi connectivity index (χ0n) is 14.7. The smallest absolute Gasteiger partial charge is 0.315 e. The third kappa shape index (κ3) is 4.14. The van der Waals surface area contributed by atoms with Crippen LogP contribution in [-0.2, 0) is 14.3 Å². The first kappa shape index (κ1) is 18.2. The summed E-state index contributed by atoms with van der Waals surface area (Å²) in [6.07, 6.45) is -0.466. The zero-order valence-corrected chi connectivity index (χ0v) is 14.7. The number of carbonyl (C=O) groups is 3. The van der Waals surface area contributed by atoms with Crippen LogP contribution >= 0.6 is 0 Å². The van der Waals surface area contributed by atoms with Crippen LogP contribution in [-0.4, -0.2) is 29.4 Å². The molecule has 0 spiro atoms. The first-order valence-electron chi connectivity index (χ1n) is 8.51. The molecular weight excluding hydrogens is 346 g/mol. The summed E-state index contributed by atoms with van der Waals surface area (Å²) >= 11 is 0. The van der Waals surface area contributed by atoms with Crippen molar-refractivity contribution < 1.29 is 19.1 Å². The average Bonchev–Trinajstić information content (AvgIpc) is 3.06. The Kier molecular flexibility index (Phi) is 5.51. The number of ether oxygens (including phenoxy) is 1. The number of esters is 1.